The second-order valence-corrected chi connectivity index (χ2v) is 6.91. The number of terminal acetylenes is 1. The number of amides is 2. The molecule has 0 aliphatic heterocycles. The molecule has 3 rings (SSSR count). The van der Waals surface area contributed by atoms with E-state index in [1.54, 1.807) is 34.9 Å². The van der Waals surface area contributed by atoms with Crippen molar-refractivity contribution < 1.29 is 9.59 Å². The van der Waals surface area contributed by atoms with Gasteiger partial charge in [0, 0.05) is 23.2 Å². The number of benzene rings is 2. The van der Waals surface area contributed by atoms with Gasteiger partial charge in [0.2, 0.25) is 5.91 Å². The smallest absolute Gasteiger partial charge is 0.279 e. The lowest BCUT2D eigenvalue weighted by atomic mass is 10.2. The average molecular weight is 384 g/mol. The van der Waals surface area contributed by atoms with E-state index in [0.717, 1.165) is 10.2 Å². The highest BCUT2D eigenvalue weighted by molar-refractivity contribution is 7.16. The van der Waals surface area contributed by atoms with Gasteiger partial charge in [-0.3, -0.25) is 9.59 Å². The Morgan fingerprint density at radius 1 is 1.31 bits per heavy atom. The summed E-state index contributed by atoms with van der Waals surface area (Å²) in [7, 11) is 0. The molecule has 3 aromatic rings. The SMILES string of the molecule is C#CCn1c(=NC(=O)c2cccc(Cl)c2)sc2cc(NC(C)=O)ccc21. The summed E-state index contributed by atoms with van der Waals surface area (Å²) < 4.78 is 2.66. The van der Waals surface area contributed by atoms with Gasteiger partial charge in [0.1, 0.15) is 0 Å². The fourth-order valence-electron chi connectivity index (χ4n) is 2.46. The molecule has 0 unspecified atom stereocenters. The number of carbonyl (C=O) groups excluding carboxylic acids is 2. The van der Waals surface area contributed by atoms with Crippen molar-refractivity contribution in [2.75, 3.05) is 5.32 Å². The quantitative estimate of drug-likeness (QED) is 0.701. The summed E-state index contributed by atoms with van der Waals surface area (Å²) in [5.41, 5.74) is 1.92. The molecule has 0 aliphatic carbocycles. The van der Waals surface area contributed by atoms with Gasteiger partial charge in [-0.05, 0) is 36.4 Å². The number of rotatable bonds is 3. The fraction of sp³-hybridized carbons (Fsp3) is 0.105. The summed E-state index contributed by atoms with van der Waals surface area (Å²) in [6, 6.07) is 12.1. The maximum absolute atomic E-state index is 12.5. The Morgan fingerprint density at radius 2 is 2.12 bits per heavy atom. The van der Waals surface area contributed by atoms with E-state index in [0.29, 0.717) is 21.1 Å². The molecule has 130 valence electrons. The first kappa shape index (κ1) is 17.9. The van der Waals surface area contributed by atoms with Crippen LogP contribution in [0.4, 0.5) is 5.69 Å². The van der Waals surface area contributed by atoms with Crippen LogP contribution >= 0.6 is 22.9 Å². The van der Waals surface area contributed by atoms with Gasteiger partial charge in [-0.1, -0.05) is 34.9 Å². The number of hydrogen-bond acceptors (Lipinski definition) is 3. The highest BCUT2D eigenvalue weighted by Gasteiger charge is 2.10. The van der Waals surface area contributed by atoms with Crippen molar-refractivity contribution >= 4 is 50.7 Å². The molecule has 0 aliphatic rings. The van der Waals surface area contributed by atoms with Gasteiger partial charge in [0.25, 0.3) is 5.91 Å². The molecule has 1 heterocycles. The third-order valence-corrected chi connectivity index (χ3v) is 4.80. The monoisotopic (exact) mass is 383 g/mol. The van der Waals surface area contributed by atoms with E-state index in [-0.39, 0.29) is 12.5 Å². The number of anilines is 1. The zero-order chi connectivity index (χ0) is 18.7. The molecule has 0 radical (unpaired) electrons. The fourth-order valence-corrected chi connectivity index (χ4v) is 3.71. The molecule has 2 amide bonds. The van der Waals surface area contributed by atoms with Gasteiger partial charge >= 0.3 is 0 Å². The molecular weight excluding hydrogens is 370 g/mol. The summed E-state index contributed by atoms with van der Waals surface area (Å²) in [5, 5.41) is 3.21. The van der Waals surface area contributed by atoms with E-state index in [2.05, 4.69) is 16.2 Å². The number of carbonyl (C=O) groups is 2. The van der Waals surface area contributed by atoms with E-state index in [1.165, 1.54) is 18.3 Å². The topological polar surface area (TPSA) is 63.5 Å². The number of nitrogens with zero attached hydrogens (tertiary/aromatic N) is 2. The Labute approximate surface area is 159 Å². The Balaban J connectivity index is 2.11. The van der Waals surface area contributed by atoms with Crippen LogP contribution in [0.5, 0.6) is 0 Å². The number of thiazole rings is 1. The molecule has 2 aromatic carbocycles. The molecule has 0 fully saturated rings. The van der Waals surface area contributed by atoms with Crippen LogP contribution in [0.2, 0.25) is 5.02 Å². The molecule has 0 bridgehead atoms. The summed E-state index contributed by atoms with van der Waals surface area (Å²) in [5.74, 6) is 2.03. The van der Waals surface area contributed by atoms with Gasteiger partial charge in [0.15, 0.2) is 4.80 Å². The van der Waals surface area contributed by atoms with Crippen LogP contribution in [-0.4, -0.2) is 16.4 Å². The van der Waals surface area contributed by atoms with Crippen molar-refractivity contribution in [2.45, 2.75) is 13.5 Å². The Bertz CT molecular complexity index is 1120. The number of fused-ring (bicyclic) bond motifs is 1. The lowest BCUT2D eigenvalue weighted by molar-refractivity contribution is -0.114. The van der Waals surface area contributed by atoms with Gasteiger partial charge in [0.05, 0.1) is 16.8 Å². The minimum atomic E-state index is -0.396. The second kappa shape index (κ2) is 7.56. The van der Waals surface area contributed by atoms with Crippen LogP contribution in [0.25, 0.3) is 10.2 Å². The van der Waals surface area contributed by atoms with Gasteiger partial charge < -0.3 is 9.88 Å². The number of aromatic nitrogens is 1. The molecule has 0 atom stereocenters. The van der Waals surface area contributed by atoms with Crippen LogP contribution in [0.1, 0.15) is 17.3 Å². The normalized spacial score (nSPS) is 11.3. The van der Waals surface area contributed by atoms with E-state index in [9.17, 15) is 9.59 Å². The van der Waals surface area contributed by atoms with Gasteiger partial charge in [-0.25, -0.2) is 0 Å². The Morgan fingerprint density at radius 3 is 2.81 bits per heavy atom. The molecule has 26 heavy (non-hydrogen) atoms. The summed E-state index contributed by atoms with van der Waals surface area (Å²) in [6.07, 6.45) is 5.47. The summed E-state index contributed by atoms with van der Waals surface area (Å²) in [4.78, 5) is 28.4. The van der Waals surface area contributed by atoms with Crippen LogP contribution in [-0.2, 0) is 11.3 Å². The average Bonchev–Trinajstić information content (AvgIpc) is 2.91. The van der Waals surface area contributed by atoms with Crippen LogP contribution < -0.4 is 10.1 Å². The van der Waals surface area contributed by atoms with E-state index < -0.39 is 5.91 Å². The molecular formula is C19H14ClN3O2S. The lowest BCUT2D eigenvalue weighted by Gasteiger charge is -2.03. The Kier molecular flexibility index (Phi) is 5.21. The molecule has 5 nitrogen and oxygen atoms in total. The maximum atomic E-state index is 12.5. The molecule has 0 saturated heterocycles. The first-order valence-electron chi connectivity index (χ1n) is 7.67. The maximum Gasteiger partial charge on any atom is 0.279 e. The van der Waals surface area contributed by atoms with E-state index >= 15 is 0 Å². The zero-order valence-electron chi connectivity index (χ0n) is 13.8. The van der Waals surface area contributed by atoms with E-state index in [4.69, 9.17) is 18.0 Å². The predicted molar refractivity (Wildman–Crippen MR) is 104 cm³/mol. The molecule has 7 heteroatoms. The highest BCUT2D eigenvalue weighted by Crippen LogP contribution is 2.22. The van der Waals surface area contributed by atoms with Crippen LogP contribution in [0.15, 0.2) is 47.5 Å². The first-order chi connectivity index (χ1) is 12.5. The van der Waals surface area contributed by atoms with Crippen molar-refractivity contribution in [1.29, 1.82) is 0 Å². The summed E-state index contributed by atoms with van der Waals surface area (Å²) in [6.45, 7) is 1.72. The van der Waals surface area contributed by atoms with Gasteiger partial charge in [-0.2, -0.15) is 4.99 Å². The largest absolute Gasteiger partial charge is 0.326 e. The predicted octanol–water partition coefficient (Wildman–Crippen LogP) is 3.69. The minimum absolute atomic E-state index is 0.154. The minimum Gasteiger partial charge on any atom is -0.326 e. The van der Waals surface area contributed by atoms with Crippen molar-refractivity contribution in [3.63, 3.8) is 0 Å². The number of hydrogen-bond donors (Lipinski definition) is 1. The van der Waals surface area contributed by atoms with Crippen molar-refractivity contribution in [3.05, 3.63) is 57.9 Å². The molecule has 0 spiro atoms. The summed E-state index contributed by atoms with van der Waals surface area (Å²) >= 11 is 7.27. The third-order valence-electron chi connectivity index (χ3n) is 3.52. The van der Waals surface area contributed by atoms with Crippen molar-refractivity contribution in [2.24, 2.45) is 4.99 Å². The lowest BCUT2D eigenvalue weighted by Crippen LogP contribution is -2.16. The second-order valence-electron chi connectivity index (χ2n) is 5.47. The van der Waals surface area contributed by atoms with Crippen LogP contribution in [0.3, 0.4) is 0 Å². The molecule has 0 saturated carbocycles. The number of halogens is 1. The first-order valence-corrected chi connectivity index (χ1v) is 8.86. The zero-order valence-corrected chi connectivity index (χ0v) is 15.4. The van der Waals surface area contributed by atoms with Crippen molar-refractivity contribution in [1.82, 2.24) is 4.57 Å². The molecule has 1 N–H and O–H groups in total. The van der Waals surface area contributed by atoms with Crippen LogP contribution in [0, 0.1) is 12.3 Å². The highest BCUT2D eigenvalue weighted by atomic mass is 35.5. The molecule has 1 aromatic heterocycles. The van der Waals surface area contributed by atoms with Gasteiger partial charge in [-0.15, -0.1) is 6.42 Å². The van der Waals surface area contributed by atoms with E-state index in [1.807, 2.05) is 12.1 Å². The van der Waals surface area contributed by atoms with Crippen molar-refractivity contribution in [3.8, 4) is 12.3 Å². The number of nitrogens with one attached hydrogen (secondary N) is 1. The third kappa shape index (κ3) is 3.85. The Hall–Kier alpha value is -2.88. The standard InChI is InChI=1S/C19H14ClN3O2S/c1-3-9-23-16-8-7-15(21-12(2)24)11-17(16)26-19(23)22-18(25)13-5-4-6-14(20)10-13/h1,4-8,10-11H,9H2,2H3,(H,21,24).